The fraction of sp³-hybridized carbons (Fsp3) is 0.178. The minimum atomic E-state index is -5.28. The predicted octanol–water partition coefficient (Wildman–Crippen LogP) is 11.7. The van der Waals surface area contributed by atoms with Crippen molar-refractivity contribution in [2.45, 2.75) is 50.4 Å². The quantitative estimate of drug-likeness (QED) is 0.104. The summed E-state index contributed by atoms with van der Waals surface area (Å²) in [6.45, 7) is 1.71. The molecular weight excluding hydrogens is 698 g/mol. The Morgan fingerprint density at radius 3 is 0.852 bits per heavy atom. The smallest absolute Gasteiger partial charge is 0.363 e. The van der Waals surface area contributed by atoms with E-state index in [1.165, 1.54) is 24.3 Å². The van der Waals surface area contributed by atoms with E-state index in [-0.39, 0.29) is 0 Å². The number of halogens is 6. The van der Waals surface area contributed by atoms with E-state index in [0.717, 1.165) is 46.5 Å². The van der Waals surface area contributed by atoms with Crippen molar-refractivity contribution in [3.63, 3.8) is 0 Å². The maximum atomic E-state index is 14.7. The van der Waals surface area contributed by atoms with Crippen molar-refractivity contribution < 1.29 is 31.1 Å². The monoisotopic (exact) mass is 736 g/mol. The van der Waals surface area contributed by atoms with E-state index in [0.29, 0.717) is 37.6 Å². The number of hydrogen-bond donors (Lipinski definition) is 0. The zero-order valence-electron chi connectivity index (χ0n) is 29.2. The molecule has 0 bridgehead atoms. The zero-order valence-corrected chi connectivity index (χ0v) is 29.2. The van der Waals surface area contributed by atoms with Crippen LogP contribution in [0.2, 0.25) is 0 Å². The molecule has 0 amide bonds. The summed E-state index contributed by atoms with van der Waals surface area (Å²) in [5.41, 5.74) is 3.84. The fourth-order valence-electron chi connectivity index (χ4n) is 6.64. The molecule has 9 heteroatoms. The molecular formula is C45H38F6N2O. The third-order valence-corrected chi connectivity index (χ3v) is 9.27. The lowest BCUT2D eigenvalue weighted by Crippen LogP contribution is -2.38. The van der Waals surface area contributed by atoms with Gasteiger partial charge in [-0.3, -0.25) is 4.79 Å². The van der Waals surface area contributed by atoms with Crippen LogP contribution >= 0.6 is 0 Å². The second kappa shape index (κ2) is 16.9. The molecule has 54 heavy (non-hydrogen) atoms. The van der Waals surface area contributed by atoms with Gasteiger partial charge in [-0.05, 0) is 57.6 Å². The highest BCUT2D eigenvalue weighted by Crippen LogP contribution is 2.45. The lowest BCUT2D eigenvalue weighted by molar-refractivity contribution is -0.183. The van der Waals surface area contributed by atoms with E-state index < -0.39 is 41.1 Å². The second-order valence-corrected chi connectivity index (χ2v) is 13.2. The summed E-state index contributed by atoms with van der Waals surface area (Å²) in [6.07, 6.45) is -10.6. The Balaban J connectivity index is 1.29. The number of carbonyl (C=O) groups excluding carboxylic acids is 1. The molecule has 0 aliphatic rings. The fourth-order valence-corrected chi connectivity index (χ4v) is 6.64. The molecule has 0 aliphatic heterocycles. The molecule has 3 nitrogen and oxygen atoms in total. The third-order valence-electron chi connectivity index (χ3n) is 9.27. The maximum Gasteiger partial charge on any atom is 0.402 e. The summed E-state index contributed by atoms with van der Waals surface area (Å²) in [5, 5.41) is 0. The first-order chi connectivity index (χ1) is 26.0. The van der Waals surface area contributed by atoms with Gasteiger partial charge >= 0.3 is 12.4 Å². The SMILES string of the molecule is O=C(C(c1ccc(N(Cc2ccccc2)Cc2ccccc2)cc1)C(F)(F)F)C(c1ccc(N(Cc2ccccc2)Cc2ccccc2)cc1)C(F)(F)F. The van der Waals surface area contributed by atoms with Crippen LogP contribution in [0.1, 0.15) is 45.2 Å². The standard InChI is InChI=1S/C45H38F6N2O/c46-44(47,48)41(37-21-25-39(26-22-37)52(29-33-13-5-1-6-14-33)30-34-15-7-2-8-16-34)43(54)42(45(49,50)51)38-23-27-40(28-24-38)53(31-35-17-9-3-10-18-35)32-36-19-11-4-12-20-36/h1-28,41-42H,29-32H2. The van der Waals surface area contributed by atoms with Crippen molar-refractivity contribution in [2.75, 3.05) is 9.80 Å². The Morgan fingerprint density at radius 1 is 0.389 bits per heavy atom. The van der Waals surface area contributed by atoms with E-state index in [1.54, 1.807) is 0 Å². The van der Waals surface area contributed by atoms with E-state index >= 15 is 0 Å². The molecule has 0 heterocycles. The Bertz CT molecular complexity index is 1820. The van der Waals surface area contributed by atoms with Gasteiger partial charge in [-0.15, -0.1) is 0 Å². The molecule has 0 saturated carbocycles. The van der Waals surface area contributed by atoms with Crippen LogP contribution in [-0.2, 0) is 31.0 Å². The lowest BCUT2D eigenvalue weighted by Gasteiger charge is -2.29. The number of carbonyl (C=O) groups is 1. The minimum Gasteiger partial charge on any atom is -0.363 e. The molecule has 0 spiro atoms. The first kappa shape index (κ1) is 37.9. The van der Waals surface area contributed by atoms with E-state index in [1.807, 2.05) is 131 Å². The molecule has 0 aromatic heterocycles. The number of nitrogens with zero attached hydrogens (tertiary/aromatic N) is 2. The van der Waals surface area contributed by atoms with Gasteiger partial charge in [0.15, 0.2) is 5.78 Å². The highest BCUT2D eigenvalue weighted by atomic mass is 19.4. The van der Waals surface area contributed by atoms with Crippen molar-refractivity contribution >= 4 is 17.2 Å². The van der Waals surface area contributed by atoms with Crippen LogP contribution in [-0.4, -0.2) is 18.1 Å². The number of ketones is 1. The summed E-state index contributed by atoms with van der Waals surface area (Å²) in [4.78, 5) is 17.6. The van der Waals surface area contributed by atoms with E-state index in [9.17, 15) is 31.1 Å². The average molecular weight is 737 g/mol. The average Bonchev–Trinajstić information content (AvgIpc) is 3.16. The molecule has 6 rings (SSSR count). The largest absolute Gasteiger partial charge is 0.402 e. The van der Waals surface area contributed by atoms with Crippen LogP contribution in [0.25, 0.3) is 0 Å². The van der Waals surface area contributed by atoms with Crippen LogP contribution in [0.4, 0.5) is 37.7 Å². The summed E-state index contributed by atoms with van der Waals surface area (Å²) < 4.78 is 88.4. The molecule has 0 aliphatic carbocycles. The molecule has 0 radical (unpaired) electrons. The van der Waals surface area contributed by atoms with Crippen LogP contribution in [0.15, 0.2) is 170 Å². The van der Waals surface area contributed by atoms with Crippen LogP contribution < -0.4 is 9.80 Å². The zero-order chi connectivity index (χ0) is 38.1. The molecule has 276 valence electrons. The van der Waals surface area contributed by atoms with Gasteiger partial charge < -0.3 is 9.80 Å². The summed E-state index contributed by atoms with van der Waals surface area (Å²) in [5.74, 6) is -7.98. The summed E-state index contributed by atoms with van der Waals surface area (Å²) in [6, 6.07) is 48.2. The van der Waals surface area contributed by atoms with Gasteiger partial charge in [0.05, 0.1) is 0 Å². The third kappa shape index (κ3) is 9.77. The molecule has 6 aromatic rings. The van der Waals surface area contributed by atoms with Crippen molar-refractivity contribution in [1.82, 2.24) is 0 Å². The highest BCUT2D eigenvalue weighted by Gasteiger charge is 2.55. The van der Waals surface area contributed by atoms with Gasteiger partial charge in [-0.1, -0.05) is 146 Å². The van der Waals surface area contributed by atoms with Crippen molar-refractivity contribution in [3.05, 3.63) is 203 Å². The van der Waals surface area contributed by atoms with Crippen molar-refractivity contribution in [3.8, 4) is 0 Å². The molecule has 2 atom stereocenters. The Hall–Kier alpha value is -5.83. The van der Waals surface area contributed by atoms with Gasteiger partial charge in [-0.25, -0.2) is 0 Å². The number of alkyl halides is 6. The van der Waals surface area contributed by atoms with Crippen molar-refractivity contribution in [2.24, 2.45) is 0 Å². The molecule has 0 N–H and O–H groups in total. The molecule has 6 aromatic carbocycles. The maximum absolute atomic E-state index is 14.7. The lowest BCUT2D eigenvalue weighted by atomic mass is 9.82. The number of benzene rings is 6. The number of rotatable bonds is 14. The second-order valence-electron chi connectivity index (χ2n) is 13.2. The Labute approximate surface area is 311 Å². The first-order valence-electron chi connectivity index (χ1n) is 17.5. The van der Waals surface area contributed by atoms with Crippen molar-refractivity contribution in [1.29, 1.82) is 0 Å². The van der Waals surface area contributed by atoms with E-state index in [4.69, 9.17) is 0 Å². The van der Waals surface area contributed by atoms with Crippen LogP contribution in [0.5, 0.6) is 0 Å². The van der Waals surface area contributed by atoms with Gasteiger partial charge in [0.25, 0.3) is 0 Å². The first-order valence-corrected chi connectivity index (χ1v) is 17.5. The number of hydrogen-bond acceptors (Lipinski definition) is 3. The summed E-state index contributed by atoms with van der Waals surface area (Å²) in [7, 11) is 0. The topological polar surface area (TPSA) is 23.6 Å². The Morgan fingerprint density at radius 2 is 0.630 bits per heavy atom. The van der Waals surface area contributed by atoms with Gasteiger partial charge in [0, 0.05) is 37.6 Å². The predicted molar refractivity (Wildman–Crippen MR) is 201 cm³/mol. The normalized spacial score (nSPS) is 12.9. The van der Waals surface area contributed by atoms with Gasteiger partial charge in [-0.2, -0.15) is 26.3 Å². The van der Waals surface area contributed by atoms with Gasteiger partial charge in [0.2, 0.25) is 0 Å². The molecule has 2 unspecified atom stereocenters. The summed E-state index contributed by atoms with van der Waals surface area (Å²) >= 11 is 0. The molecule has 0 fully saturated rings. The van der Waals surface area contributed by atoms with E-state index in [2.05, 4.69) is 0 Å². The molecule has 0 saturated heterocycles. The van der Waals surface area contributed by atoms with Crippen LogP contribution in [0.3, 0.4) is 0 Å². The highest BCUT2D eigenvalue weighted by molar-refractivity contribution is 5.93. The minimum absolute atomic E-state index is 0.428. The van der Waals surface area contributed by atoms with Gasteiger partial charge in [0.1, 0.15) is 11.8 Å². The Kier molecular flexibility index (Phi) is 11.9. The number of Topliss-reactive ketones (excluding diaryl/α,β-unsaturated/α-hetero) is 1. The van der Waals surface area contributed by atoms with Crippen LogP contribution in [0, 0.1) is 0 Å². The number of anilines is 2.